The predicted octanol–water partition coefficient (Wildman–Crippen LogP) is 3.28. The number of nitrogens with one attached hydrogen (secondary N) is 3. The molecule has 25 heavy (non-hydrogen) atoms. The van der Waals surface area contributed by atoms with Crippen LogP contribution in [0.5, 0.6) is 0 Å². The molecule has 0 spiro atoms. The van der Waals surface area contributed by atoms with Crippen LogP contribution in [0.4, 0.5) is 10.5 Å². The summed E-state index contributed by atoms with van der Waals surface area (Å²) in [5.41, 5.74) is 6.73. The summed E-state index contributed by atoms with van der Waals surface area (Å²) in [4.78, 5) is 14.5. The van der Waals surface area contributed by atoms with Crippen molar-refractivity contribution >= 4 is 23.9 Å². The van der Waals surface area contributed by atoms with Crippen LogP contribution in [0.15, 0.2) is 6.07 Å². The van der Waals surface area contributed by atoms with E-state index in [4.69, 9.17) is 0 Å². The number of nitrogens with zero attached hydrogens (tertiary/aromatic N) is 1. The molecule has 0 fully saturated rings. The van der Waals surface area contributed by atoms with Crippen molar-refractivity contribution in [1.82, 2.24) is 14.3 Å². The largest absolute Gasteiger partial charge is 0.330 e. The fourth-order valence-corrected chi connectivity index (χ4v) is 4.20. The Labute approximate surface area is 155 Å². The first-order valence-corrected chi connectivity index (χ1v) is 10.00. The van der Waals surface area contributed by atoms with Crippen molar-refractivity contribution in [2.24, 2.45) is 0 Å². The van der Waals surface area contributed by atoms with Crippen LogP contribution in [0.2, 0.25) is 0 Å². The van der Waals surface area contributed by atoms with Gasteiger partial charge in [0.15, 0.2) is 0 Å². The molecule has 0 radical (unpaired) electrons. The monoisotopic (exact) mass is 362 g/mol. The molecule has 0 bridgehead atoms. The molecule has 2 amide bonds. The molecule has 0 atom stereocenters. The van der Waals surface area contributed by atoms with E-state index in [1.54, 1.807) is 0 Å². The van der Waals surface area contributed by atoms with Gasteiger partial charge in [-0.25, -0.2) is 9.52 Å². The predicted molar refractivity (Wildman–Crippen MR) is 106 cm³/mol. The van der Waals surface area contributed by atoms with Crippen molar-refractivity contribution in [3.8, 4) is 0 Å². The lowest BCUT2D eigenvalue weighted by Gasteiger charge is -2.32. The van der Waals surface area contributed by atoms with Crippen LogP contribution in [0.1, 0.15) is 48.9 Å². The normalized spacial score (nSPS) is 16.0. The third kappa shape index (κ3) is 4.13. The minimum atomic E-state index is -0.144. The van der Waals surface area contributed by atoms with Gasteiger partial charge in [0.1, 0.15) is 0 Å². The Morgan fingerprint density at radius 2 is 1.72 bits per heavy atom. The van der Waals surface area contributed by atoms with E-state index in [0.717, 1.165) is 37.9 Å². The van der Waals surface area contributed by atoms with Crippen molar-refractivity contribution in [1.29, 1.82) is 0 Å². The van der Waals surface area contributed by atoms with E-state index >= 15 is 0 Å². The number of carbonyl (C=O) groups excluding carboxylic acids is 1. The maximum absolute atomic E-state index is 12.4. The van der Waals surface area contributed by atoms with E-state index < -0.39 is 0 Å². The summed E-state index contributed by atoms with van der Waals surface area (Å²) in [6.45, 7) is 5.11. The molecule has 6 heteroatoms. The highest BCUT2D eigenvalue weighted by molar-refractivity contribution is 7.96. The van der Waals surface area contributed by atoms with Gasteiger partial charge in [0.2, 0.25) is 0 Å². The molecule has 5 nitrogen and oxygen atoms in total. The number of amides is 2. The van der Waals surface area contributed by atoms with Gasteiger partial charge in [0.05, 0.1) is 0 Å². The molecular formula is C19H30N4OS. The SMILES string of the molecule is CN(C)C(C)(C)CNSNC(=O)Nc1c2c(cc3c1CCC3)CCC2. The lowest BCUT2D eigenvalue weighted by Crippen LogP contribution is -2.46. The maximum Gasteiger partial charge on any atom is 0.330 e. The summed E-state index contributed by atoms with van der Waals surface area (Å²) in [7, 11) is 4.12. The first-order valence-electron chi connectivity index (χ1n) is 9.18. The summed E-state index contributed by atoms with van der Waals surface area (Å²) in [6.07, 6.45) is 6.86. The third-order valence-corrected chi connectivity index (χ3v) is 6.22. The molecule has 138 valence electrons. The van der Waals surface area contributed by atoms with Crippen LogP contribution < -0.4 is 14.8 Å². The van der Waals surface area contributed by atoms with Crippen LogP contribution in [-0.4, -0.2) is 37.1 Å². The zero-order valence-corrected chi connectivity index (χ0v) is 16.6. The highest BCUT2D eigenvalue weighted by Gasteiger charge is 2.25. The highest BCUT2D eigenvalue weighted by Crippen LogP contribution is 2.38. The third-order valence-electron chi connectivity index (χ3n) is 5.64. The minimum Gasteiger partial charge on any atom is -0.307 e. The van der Waals surface area contributed by atoms with E-state index in [9.17, 15) is 4.79 Å². The van der Waals surface area contributed by atoms with Gasteiger partial charge < -0.3 is 10.2 Å². The van der Waals surface area contributed by atoms with Gasteiger partial charge in [0.25, 0.3) is 0 Å². The van der Waals surface area contributed by atoms with Crippen LogP contribution in [0.3, 0.4) is 0 Å². The van der Waals surface area contributed by atoms with Gasteiger partial charge in [-0.3, -0.25) is 4.72 Å². The smallest absolute Gasteiger partial charge is 0.307 e. The number of fused-ring (bicyclic) bond motifs is 2. The molecule has 1 aromatic carbocycles. The van der Waals surface area contributed by atoms with Crippen molar-refractivity contribution in [3.05, 3.63) is 28.3 Å². The highest BCUT2D eigenvalue weighted by atomic mass is 32.2. The second-order valence-electron chi connectivity index (χ2n) is 7.92. The van der Waals surface area contributed by atoms with E-state index in [0.29, 0.717) is 0 Å². The molecule has 3 N–H and O–H groups in total. The number of hydrogen-bond acceptors (Lipinski definition) is 4. The van der Waals surface area contributed by atoms with Gasteiger partial charge in [-0.15, -0.1) is 0 Å². The Balaban J connectivity index is 1.57. The number of carbonyl (C=O) groups is 1. The standard InChI is InChI=1S/C19H30N4OS/c1-19(2,23(3)4)12-20-25-22-18(24)21-17-15-9-5-7-13(15)11-14-8-6-10-16(14)17/h11,20H,5-10,12H2,1-4H3,(H2,21,22,24). The van der Waals surface area contributed by atoms with E-state index in [2.05, 4.69) is 53.7 Å². The second-order valence-corrected chi connectivity index (χ2v) is 8.62. The topological polar surface area (TPSA) is 56.4 Å². The van der Waals surface area contributed by atoms with Crippen LogP contribution in [0, 0.1) is 0 Å². The number of likely N-dealkylation sites (N-methyl/N-ethyl adjacent to an activating group) is 1. The molecule has 0 aliphatic heterocycles. The molecule has 0 unspecified atom stereocenters. The summed E-state index contributed by atoms with van der Waals surface area (Å²) < 4.78 is 6.09. The second kappa shape index (κ2) is 7.56. The fraction of sp³-hybridized carbons (Fsp3) is 0.632. The maximum atomic E-state index is 12.4. The van der Waals surface area contributed by atoms with Crippen molar-refractivity contribution in [2.75, 3.05) is 26.0 Å². The first-order chi connectivity index (χ1) is 11.9. The average Bonchev–Trinajstić information content (AvgIpc) is 3.20. The lowest BCUT2D eigenvalue weighted by molar-refractivity contribution is 0.200. The number of rotatable bonds is 6. The van der Waals surface area contributed by atoms with Crippen LogP contribution >= 0.6 is 12.1 Å². The number of urea groups is 1. The molecule has 0 saturated carbocycles. The number of hydrogen-bond donors (Lipinski definition) is 3. The van der Waals surface area contributed by atoms with E-state index in [1.807, 2.05) is 0 Å². The quantitative estimate of drug-likeness (QED) is 0.537. The zero-order valence-electron chi connectivity index (χ0n) is 15.8. The van der Waals surface area contributed by atoms with Crippen LogP contribution in [-0.2, 0) is 25.7 Å². The Hall–Kier alpha value is -1.24. The van der Waals surface area contributed by atoms with Gasteiger partial charge >= 0.3 is 6.03 Å². The fourth-order valence-electron chi connectivity index (χ4n) is 3.56. The lowest BCUT2D eigenvalue weighted by atomic mass is 9.99. The van der Waals surface area contributed by atoms with E-state index in [-0.39, 0.29) is 11.6 Å². The minimum absolute atomic E-state index is 0.0340. The van der Waals surface area contributed by atoms with Gasteiger partial charge in [-0.2, -0.15) is 0 Å². The Morgan fingerprint density at radius 1 is 1.12 bits per heavy atom. The molecule has 2 aliphatic carbocycles. The van der Waals surface area contributed by atoms with Gasteiger partial charge in [-0.05, 0) is 88.7 Å². The van der Waals surface area contributed by atoms with E-state index in [1.165, 1.54) is 47.2 Å². The first kappa shape index (κ1) is 18.5. The Morgan fingerprint density at radius 3 is 2.28 bits per heavy atom. The van der Waals surface area contributed by atoms with Crippen LogP contribution in [0.25, 0.3) is 0 Å². The van der Waals surface area contributed by atoms with Crippen molar-refractivity contribution in [3.63, 3.8) is 0 Å². The number of aryl methyl sites for hydroxylation is 2. The summed E-state index contributed by atoms with van der Waals surface area (Å²) >= 11 is 1.25. The molecule has 1 aromatic rings. The summed E-state index contributed by atoms with van der Waals surface area (Å²) in [6, 6.07) is 2.24. The molecule has 2 aliphatic rings. The molecule has 0 aromatic heterocycles. The summed E-state index contributed by atoms with van der Waals surface area (Å²) in [5, 5.41) is 3.14. The number of benzene rings is 1. The Bertz CT molecular complexity index is 625. The van der Waals surface area contributed by atoms with Crippen molar-refractivity contribution < 1.29 is 4.79 Å². The summed E-state index contributed by atoms with van der Waals surface area (Å²) in [5.74, 6) is 0. The van der Waals surface area contributed by atoms with Crippen molar-refractivity contribution in [2.45, 2.75) is 57.9 Å². The molecule has 3 rings (SSSR count). The molecular weight excluding hydrogens is 332 g/mol. The van der Waals surface area contributed by atoms with Gasteiger partial charge in [0, 0.05) is 29.9 Å². The molecule has 0 saturated heterocycles. The van der Waals surface area contributed by atoms with Gasteiger partial charge in [-0.1, -0.05) is 6.07 Å². The number of anilines is 1. The average molecular weight is 363 g/mol. The molecule has 0 heterocycles. The zero-order chi connectivity index (χ0) is 18.0. The Kier molecular flexibility index (Phi) is 5.61.